The third kappa shape index (κ3) is 2.63. The first-order chi connectivity index (χ1) is 6.29. The molecule has 0 aliphatic heterocycles. The van der Waals surface area contributed by atoms with Gasteiger partial charge in [-0.05, 0) is 6.92 Å². The number of carbonyl (C=O) groups is 1. The van der Waals surface area contributed by atoms with E-state index in [2.05, 4.69) is 4.98 Å². The monoisotopic (exact) mass is 222 g/mol. The van der Waals surface area contributed by atoms with Crippen molar-refractivity contribution >= 4 is 22.3 Å². The Kier molecular flexibility index (Phi) is 2.70. The van der Waals surface area contributed by atoms with Gasteiger partial charge < -0.3 is 10.8 Å². The summed E-state index contributed by atoms with van der Waals surface area (Å²) < 4.78 is 25.1. The fraction of sp³-hybridized carbons (Fsp3) is 0.429. The molecular weight excluding hydrogens is 214 g/mol. The Labute approximate surface area is 82.4 Å². The van der Waals surface area contributed by atoms with Gasteiger partial charge in [-0.3, -0.25) is 0 Å². The number of rotatable bonds is 3. The highest BCUT2D eigenvalue weighted by Crippen LogP contribution is 2.26. The molecule has 3 N–H and O–H groups in total. The summed E-state index contributed by atoms with van der Waals surface area (Å²) in [6.45, 7) is 0.741. The number of thiazole rings is 1. The molecule has 4 nitrogen and oxygen atoms in total. The van der Waals surface area contributed by atoms with Crippen molar-refractivity contribution in [3.8, 4) is 0 Å². The van der Waals surface area contributed by atoms with Crippen LogP contribution in [0.1, 0.15) is 22.4 Å². The van der Waals surface area contributed by atoms with Crippen LogP contribution in [0.15, 0.2) is 0 Å². The first kappa shape index (κ1) is 10.8. The van der Waals surface area contributed by atoms with Crippen LogP contribution in [-0.2, 0) is 6.42 Å². The van der Waals surface area contributed by atoms with Gasteiger partial charge in [0.2, 0.25) is 0 Å². The van der Waals surface area contributed by atoms with Crippen LogP contribution in [0.2, 0.25) is 0 Å². The van der Waals surface area contributed by atoms with E-state index in [0.717, 1.165) is 18.3 Å². The van der Waals surface area contributed by atoms with Gasteiger partial charge in [-0.2, -0.15) is 0 Å². The fourth-order valence-corrected chi connectivity index (χ4v) is 1.82. The second-order valence-electron chi connectivity index (χ2n) is 2.87. The first-order valence-electron chi connectivity index (χ1n) is 3.66. The standard InChI is InChI=1S/C7H8F2N2O2S/c1-7(8,9)2-3-11-4(6(12)13)5(10)14-3/h2,10H2,1H3,(H,12,13). The lowest BCUT2D eigenvalue weighted by atomic mass is 10.3. The smallest absolute Gasteiger partial charge is 0.357 e. The summed E-state index contributed by atoms with van der Waals surface area (Å²) in [5.74, 6) is -4.20. The van der Waals surface area contributed by atoms with Crippen LogP contribution in [0.3, 0.4) is 0 Å². The Balaban J connectivity index is 2.92. The van der Waals surface area contributed by atoms with Crippen molar-refractivity contribution < 1.29 is 18.7 Å². The molecule has 0 fully saturated rings. The molecule has 0 aromatic carbocycles. The second kappa shape index (κ2) is 3.49. The highest BCUT2D eigenvalue weighted by molar-refractivity contribution is 7.15. The Morgan fingerprint density at radius 3 is 2.64 bits per heavy atom. The van der Waals surface area contributed by atoms with Crippen molar-refractivity contribution in [2.45, 2.75) is 19.3 Å². The Hall–Kier alpha value is -1.24. The molecule has 0 aliphatic carbocycles. The highest BCUT2D eigenvalue weighted by Gasteiger charge is 2.25. The number of nitrogen functional groups attached to an aromatic ring is 1. The maximum atomic E-state index is 12.5. The number of nitrogens with two attached hydrogens (primary N) is 1. The van der Waals surface area contributed by atoms with Crippen molar-refractivity contribution in [1.29, 1.82) is 0 Å². The molecule has 0 spiro atoms. The predicted octanol–water partition coefficient (Wildman–Crippen LogP) is 1.62. The number of carboxylic acid groups (broad SMARTS) is 1. The molecule has 0 unspecified atom stereocenters. The molecule has 0 amide bonds. The van der Waals surface area contributed by atoms with E-state index in [0.29, 0.717) is 0 Å². The van der Waals surface area contributed by atoms with E-state index < -0.39 is 18.3 Å². The number of aromatic carboxylic acids is 1. The van der Waals surface area contributed by atoms with Crippen molar-refractivity contribution in [2.24, 2.45) is 0 Å². The molecule has 1 aromatic rings. The van der Waals surface area contributed by atoms with Crippen LogP contribution in [0.5, 0.6) is 0 Å². The zero-order valence-electron chi connectivity index (χ0n) is 7.25. The van der Waals surface area contributed by atoms with Crippen molar-refractivity contribution in [2.75, 3.05) is 5.73 Å². The van der Waals surface area contributed by atoms with Gasteiger partial charge in [-0.1, -0.05) is 0 Å². The SMILES string of the molecule is CC(F)(F)Cc1nc(C(=O)O)c(N)s1. The lowest BCUT2D eigenvalue weighted by molar-refractivity contribution is 0.0224. The highest BCUT2D eigenvalue weighted by atomic mass is 32.1. The number of nitrogens with zero attached hydrogens (tertiary/aromatic N) is 1. The summed E-state index contributed by atoms with van der Waals surface area (Å²) in [6.07, 6.45) is -0.588. The molecule has 78 valence electrons. The minimum absolute atomic E-state index is 0.0346. The lowest BCUT2D eigenvalue weighted by Gasteiger charge is -2.05. The largest absolute Gasteiger partial charge is 0.476 e. The number of carboxylic acids is 1. The summed E-state index contributed by atoms with van der Waals surface area (Å²) in [5, 5.41) is 8.54. The third-order valence-electron chi connectivity index (χ3n) is 1.36. The van der Waals surface area contributed by atoms with E-state index in [1.54, 1.807) is 0 Å². The zero-order valence-corrected chi connectivity index (χ0v) is 8.07. The van der Waals surface area contributed by atoms with E-state index in [-0.39, 0.29) is 15.7 Å². The molecule has 0 atom stereocenters. The average Bonchev–Trinajstić information content (AvgIpc) is 2.26. The first-order valence-corrected chi connectivity index (χ1v) is 4.47. The minimum Gasteiger partial charge on any atom is -0.476 e. The molecule has 0 bridgehead atoms. The number of anilines is 1. The summed E-state index contributed by atoms with van der Waals surface area (Å²) in [4.78, 5) is 14.0. The van der Waals surface area contributed by atoms with Crippen molar-refractivity contribution in [3.05, 3.63) is 10.7 Å². The Bertz CT molecular complexity index is 359. The number of alkyl halides is 2. The van der Waals surface area contributed by atoms with Crippen molar-refractivity contribution in [1.82, 2.24) is 4.98 Å². The number of hydrogen-bond acceptors (Lipinski definition) is 4. The zero-order chi connectivity index (χ0) is 10.9. The number of aromatic nitrogens is 1. The summed E-state index contributed by atoms with van der Waals surface area (Å²) in [6, 6.07) is 0. The van der Waals surface area contributed by atoms with Crippen LogP contribution in [0.4, 0.5) is 13.8 Å². The van der Waals surface area contributed by atoms with E-state index in [9.17, 15) is 13.6 Å². The topological polar surface area (TPSA) is 76.2 Å². The minimum atomic E-state index is -2.90. The van der Waals surface area contributed by atoms with Crippen LogP contribution in [-0.4, -0.2) is 22.0 Å². The maximum absolute atomic E-state index is 12.5. The van der Waals surface area contributed by atoms with Crippen LogP contribution >= 0.6 is 11.3 Å². The molecular formula is C7H8F2N2O2S. The average molecular weight is 222 g/mol. The molecule has 7 heteroatoms. The lowest BCUT2D eigenvalue weighted by Crippen LogP contribution is -2.13. The Morgan fingerprint density at radius 2 is 2.29 bits per heavy atom. The molecule has 0 saturated heterocycles. The Morgan fingerprint density at radius 1 is 1.71 bits per heavy atom. The van der Waals surface area contributed by atoms with E-state index in [4.69, 9.17) is 10.8 Å². The van der Waals surface area contributed by atoms with E-state index in [1.807, 2.05) is 0 Å². The normalized spacial score (nSPS) is 11.6. The van der Waals surface area contributed by atoms with Crippen molar-refractivity contribution in [3.63, 3.8) is 0 Å². The van der Waals surface area contributed by atoms with Gasteiger partial charge in [0.15, 0.2) is 5.69 Å². The number of hydrogen-bond donors (Lipinski definition) is 2. The molecule has 1 heterocycles. The predicted molar refractivity (Wildman–Crippen MR) is 47.8 cm³/mol. The second-order valence-corrected chi connectivity index (χ2v) is 3.99. The van der Waals surface area contributed by atoms with Crippen LogP contribution < -0.4 is 5.73 Å². The fourth-order valence-electron chi connectivity index (χ4n) is 0.872. The summed E-state index contributed by atoms with van der Waals surface area (Å²) in [7, 11) is 0. The van der Waals surface area contributed by atoms with Gasteiger partial charge in [0.1, 0.15) is 10.0 Å². The molecule has 1 aromatic heterocycles. The third-order valence-corrected chi connectivity index (χ3v) is 2.25. The molecule has 0 radical (unpaired) electrons. The molecule has 14 heavy (non-hydrogen) atoms. The van der Waals surface area contributed by atoms with Gasteiger partial charge in [-0.25, -0.2) is 18.6 Å². The summed E-state index contributed by atoms with van der Waals surface area (Å²) >= 11 is 0.775. The van der Waals surface area contributed by atoms with Gasteiger partial charge in [0.05, 0.1) is 6.42 Å². The van der Waals surface area contributed by atoms with Crippen LogP contribution in [0, 0.1) is 0 Å². The van der Waals surface area contributed by atoms with Gasteiger partial charge in [0.25, 0.3) is 5.92 Å². The summed E-state index contributed by atoms with van der Waals surface area (Å²) in [5.41, 5.74) is 4.94. The van der Waals surface area contributed by atoms with E-state index in [1.165, 1.54) is 0 Å². The quantitative estimate of drug-likeness (QED) is 0.814. The van der Waals surface area contributed by atoms with Crippen LogP contribution in [0.25, 0.3) is 0 Å². The molecule has 0 saturated carbocycles. The van der Waals surface area contributed by atoms with E-state index >= 15 is 0 Å². The van der Waals surface area contributed by atoms with Gasteiger partial charge in [0, 0.05) is 0 Å². The number of halogens is 2. The molecule has 1 rings (SSSR count). The maximum Gasteiger partial charge on any atom is 0.357 e. The van der Waals surface area contributed by atoms with Gasteiger partial charge in [-0.15, -0.1) is 11.3 Å². The molecule has 0 aliphatic rings. The van der Waals surface area contributed by atoms with Gasteiger partial charge >= 0.3 is 5.97 Å².